The van der Waals surface area contributed by atoms with Crippen LogP contribution in [0.25, 0.3) is 0 Å². The van der Waals surface area contributed by atoms with Crippen molar-refractivity contribution in [2.75, 3.05) is 26.4 Å². The second-order valence-corrected chi connectivity index (χ2v) is 4.19. The highest BCUT2D eigenvalue weighted by atomic mass is 16.3. The van der Waals surface area contributed by atoms with Crippen molar-refractivity contribution in [2.45, 2.75) is 5.92 Å². The van der Waals surface area contributed by atoms with Crippen LogP contribution < -0.4 is 0 Å². The minimum Gasteiger partial charge on any atom is -0.396 e. The van der Waals surface area contributed by atoms with Gasteiger partial charge in [0, 0.05) is 38.3 Å². The minimum absolute atomic E-state index is 0.174. The van der Waals surface area contributed by atoms with Gasteiger partial charge in [0.2, 0.25) is 0 Å². The van der Waals surface area contributed by atoms with Gasteiger partial charge in [-0.1, -0.05) is 30.3 Å². The zero-order chi connectivity index (χ0) is 12.7. The van der Waals surface area contributed by atoms with Crippen molar-refractivity contribution in [2.24, 2.45) is 11.8 Å². The van der Waals surface area contributed by atoms with E-state index in [-0.39, 0.29) is 44.2 Å². The molecule has 4 N–H and O–H groups in total. The van der Waals surface area contributed by atoms with Gasteiger partial charge in [-0.25, -0.2) is 0 Å². The highest BCUT2D eigenvalue weighted by Crippen LogP contribution is 2.31. The van der Waals surface area contributed by atoms with E-state index >= 15 is 0 Å². The van der Waals surface area contributed by atoms with Gasteiger partial charge < -0.3 is 20.4 Å². The third kappa shape index (κ3) is 3.51. The third-order valence-corrected chi connectivity index (χ3v) is 3.14. The Morgan fingerprint density at radius 3 is 1.47 bits per heavy atom. The largest absolute Gasteiger partial charge is 0.396 e. The van der Waals surface area contributed by atoms with E-state index in [9.17, 15) is 20.4 Å². The van der Waals surface area contributed by atoms with E-state index in [4.69, 9.17) is 0 Å². The van der Waals surface area contributed by atoms with Gasteiger partial charge in [-0.3, -0.25) is 0 Å². The first-order valence-corrected chi connectivity index (χ1v) is 5.76. The van der Waals surface area contributed by atoms with Crippen LogP contribution in [-0.4, -0.2) is 46.9 Å². The van der Waals surface area contributed by atoms with Crippen molar-refractivity contribution in [1.29, 1.82) is 0 Å². The Morgan fingerprint density at radius 2 is 1.12 bits per heavy atom. The molecule has 1 aromatic carbocycles. The molecule has 0 amide bonds. The van der Waals surface area contributed by atoms with Crippen LogP contribution in [0.2, 0.25) is 0 Å². The fourth-order valence-corrected chi connectivity index (χ4v) is 2.17. The standard InChI is InChI=1S/C13H20O4/c14-6-11(7-15)13(12(8-16)9-17)10-4-2-1-3-5-10/h1-5,11-17H,6-9H2. The fraction of sp³-hybridized carbons (Fsp3) is 0.538. The fourth-order valence-electron chi connectivity index (χ4n) is 2.17. The number of benzene rings is 1. The first-order chi connectivity index (χ1) is 8.28. The van der Waals surface area contributed by atoms with Gasteiger partial charge in [-0.05, 0) is 11.5 Å². The van der Waals surface area contributed by atoms with Gasteiger partial charge in [0.15, 0.2) is 0 Å². The average molecular weight is 240 g/mol. The van der Waals surface area contributed by atoms with Crippen molar-refractivity contribution < 1.29 is 20.4 Å². The van der Waals surface area contributed by atoms with E-state index in [0.29, 0.717) is 0 Å². The molecule has 0 spiro atoms. The second kappa shape index (κ2) is 7.40. The van der Waals surface area contributed by atoms with Crippen LogP contribution in [0.5, 0.6) is 0 Å². The summed E-state index contributed by atoms with van der Waals surface area (Å²) in [6, 6.07) is 9.35. The van der Waals surface area contributed by atoms with Crippen molar-refractivity contribution >= 4 is 0 Å². The van der Waals surface area contributed by atoms with Crippen LogP contribution in [0.4, 0.5) is 0 Å². The molecule has 4 nitrogen and oxygen atoms in total. The summed E-state index contributed by atoms with van der Waals surface area (Å²) < 4.78 is 0. The van der Waals surface area contributed by atoms with Crippen molar-refractivity contribution in [3.8, 4) is 0 Å². The summed E-state index contributed by atoms with van der Waals surface area (Å²) in [6.07, 6.45) is 0. The normalized spacial score (nSPS) is 11.7. The number of hydrogen-bond donors (Lipinski definition) is 4. The summed E-state index contributed by atoms with van der Waals surface area (Å²) in [6.45, 7) is -0.696. The molecule has 0 aliphatic carbocycles. The Kier molecular flexibility index (Phi) is 6.15. The molecule has 0 aromatic heterocycles. The first kappa shape index (κ1) is 14.1. The van der Waals surface area contributed by atoms with Crippen LogP contribution in [-0.2, 0) is 0 Å². The monoisotopic (exact) mass is 240 g/mol. The summed E-state index contributed by atoms with van der Waals surface area (Å²) in [4.78, 5) is 0. The summed E-state index contributed by atoms with van der Waals surface area (Å²) >= 11 is 0. The number of aliphatic hydroxyl groups is 4. The first-order valence-electron chi connectivity index (χ1n) is 5.76. The van der Waals surface area contributed by atoms with E-state index in [2.05, 4.69) is 0 Å². The van der Waals surface area contributed by atoms with Crippen LogP contribution in [0.1, 0.15) is 11.5 Å². The maximum absolute atomic E-state index is 9.27. The van der Waals surface area contributed by atoms with Crippen LogP contribution in [0, 0.1) is 11.8 Å². The molecule has 0 radical (unpaired) electrons. The number of rotatable bonds is 7. The van der Waals surface area contributed by atoms with Crippen molar-refractivity contribution in [1.82, 2.24) is 0 Å². The summed E-state index contributed by atoms with van der Waals surface area (Å²) in [5.74, 6) is -0.996. The third-order valence-electron chi connectivity index (χ3n) is 3.14. The number of aliphatic hydroxyl groups excluding tert-OH is 4. The molecule has 0 fully saturated rings. The van der Waals surface area contributed by atoms with Gasteiger partial charge in [-0.15, -0.1) is 0 Å². The molecular formula is C13H20O4. The van der Waals surface area contributed by atoms with Gasteiger partial charge in [0.1, 0.15) is 0 Å². The van der Waals surface area contributed by atoms with Crippen LogP contribution in [0.15, 0.2) is 30.3 Å². The predicted molar refractivity (Wildman–Crippen MR) is 64.5 cm³/mol. The Balaban J connectivity index is 3.01. The van der Waals surface area contributed by atoms with Gasteiger partial charge in [0.25, 0.3) is 0 Å². The Labute approximate surface area is 101 Å². The molecule has 17 heavy (non-hydrogen) atoms. The second-order valence-electron chi connectivity index (χ2n) is 4.19. The Hall–Kier alpha value is -0.940. The topological polar surface area (TPSA) is 80.9 Å². The molecule has 1 rings (SSSR count). The summed E-state index contributed by atoms with van der Waals surface area (Å²) in [7, 11) is 0. The highest BCUT2D eigenvalue weighted by Gasteiger charge is 2.29. The van der Waals surface area contributed by atoms with E-state index in [0.717, 1.165) is 5.56 Å². The molecule has 0 heterocycles. The highest BCUT2D eigenvalue weighted by molar-refractivity contribution is 5.21. The van der Waals surface area contributed by atoms with Gasteiger partial charge >= 0.3 is 0 Å². The lowest BCUT2D eigenvalue weighted by Crippen LogP contribution is -2.31. The molecule has 0 atom stereocenters. The zero-order valence-corrected chi connectivity index (χ0v) is 9.74. The predicted octanol–water partition coefficient (Wildman–Crippen LogP) is -0.0282. The average Bonchev–Trinajstić information content (AvgIpc) is 2.40. The maximum Gasteiger partial charge on any atom is 0.0487 e. The Bertz CT molecular complexity index is 282. The molecule has 0 saturated carbocycles. The summed E-state index contributed by atoms with van der Waals surface area (Å²) in [5.41, 5.74) is 0.911. The number of hydrogen-bond acceptors (Lipinski definition) is 4. The van der Waals surface area contributed by atoms with E-state index in [1.807, 2.05) is 30.3 Å². The quantitative estimate of drug-likeness (QED) is 0.539. The zero-order valence-electron chi connectivity index (χ0n) is 9.74. The van der Waals surface area contributed by atoms with Gasteiger partial charge in [-0.2, -0.15) is 0 Å². The molecule has 4 heteroatoms. The minimum atomic E-state index is -0.373. The molecule has 0 saturated heterocycles. The van der Waals surface area contributed by atoms with Crippen LogP contribution >= 0.6 is 0 Å². The molecule has 0 aliphatic heterocycles. The molecular weight excluding hydrogens is 220 g/mol. The molecule has 96 valence electrons. The lowest BCUT2D eigenvalue weighted by molar-refractivity contribution is 0.0647. The molecule has 0 aliphatic rings. The smallest absolute Gasteiger partial charge is 0.0487 e. The van der Waals surface area contributed by atoms with Crippen molar-refractivity contribution in [3.63, 3.8) is 0 Å². The lowest BCUT2D eigenvalue weighted by atomic mass is 9.78. The van der Waals surface area contributed by atoms with Gasteiger partial charge in [0.05, 0.1) is 0 Å². The van der Waals surface area contributed by atoms with E-state index in [1.165, 1.54) is 0 Å². The summed E-state index contributed by atoms with van der Waals surface area (Å²) in [5, 5.41) is 37.1. The van der Waals surface area contributed by atoms with E-state index in [1.54, 1.807) is 0 Å². The van der Waals surface area contributed by atoms with Crippen LogP contribution in [0.3, 0.4) is 0 Å². The maximum atomic E-state index is 9.27. The Morgan fingerprint density at radius 1 is 0.706 bits per heavy atom. The SMILES string of the molecule is OCC(CO)C(c1ccccc1)C(CO)CO. The lowest BCUT2D eigenvalue weighted by Gasteiger charge is -2.30. The molecule has 0 unspecified atom stereocenters. The van der Waals surface area contributed by atoms with Crippen molar-refractivity contribution in [3.05, 3.63) is 35.9 Å². The van der Waals surface area contributed by atoms with E-state index < -0.39 is 0 Å². The molecule has 0 bridgehead atoms. The molecule has 1 aromatic rings.